The summed E-state index contributed by atoms with van der Waals surface area (Å²) in [6.07, 6.45) is 2.81. The normalized spacial score (nSPS) is 10.7. The Morgan fingerprint density at radius 1 is 1.04 bits per heavy atom. The Hall–Kier alpha value is -1.66. The first-order chi connectivity index (χ1) is 11.3. The number of hydrogen-bond acceptors (Lipinski definition) is 2. The summed E-state index contributed by atoms with van der Waals surface area (Å²) in [6, 6.07) is 8.66. The van der Waals surface area contributed by atoms with E-state index in [9.17, 15) is 9.18 Å². The molecule has 1 amide bonds. The molecule has 0 saturated heterocycles. The summed E-state index contributed by atoms with van der Waals surface area (Å²) >= 11 is 22.8. The highest BCUT2D eigenvalue weighted by atomic mass is 35.5. The topological polar surface area (TPSA) is 41.1 Å². The fraction of sp³-hybridized carbons (Fsp3) is 0. The average Bonchev–Trinajstić information content (AvgIpc) is 2.52. The van der Waals surface area contributed by atoms with Gasteiger partial charge < -0.3 is 5.32 Å². The van der Waals surface area contributed by atoms with Gasteiger partial charge in [-0.2, -0.15) is 0 Å². The second-order valence-electron chi connectivity index (χ2n) is 4.57. The molecule has 2 aromatic rings. The first-order valence-electron chi connectivity index (χ1n) is 6.55. The molecule has 8 heteroatoms. The van der Waals surface area contributed by atoms with Gasteiger partial charge in [-0.25, -0.2) is 4.39 Å². The summed E-state index contributed by atoms with van der Waals surface area (Å²) in [4.78, 5) is 11.8. The summed E-state index contributed by atoms with van der Waals surface area (Å²) in [6.45, 7) is 0. The molecule has 124 valence electrons. The molecule has 3 nitrogen and oxygen atoms in total. The number of anilines is 1. The van der Waals surface area contributed by atoms with Crippen LogP contribution in [0, 0.1) is 5.82 Å². The van der Waals surface area contributed by atoms with Crippen LogP contribution in [0.4, 0.5) is 10.1 Å². The van der Waals surface area contributed by atoms with Crippen LogP contribution >= 0.6 is 47.0 Å². The quantitative estimate of drug-likeness (QED) is 0.414. The molecular weight excluding hydrogens is 394 g/mol. The fourth-order valence-corrected chi connectivity index (χ4v) is 2.48. The molecule has 2 aromatic carbocycles. The minimum absolute atomic E-state index is 0.0454. The number of nitrogens with one attached hydrogen (secondary N) is 2. The van der Waals surface area contributed by atoms with E-state index in [1.165, 1.54) is 36.4 Å². The van der Waals surface area contributed by atoms with Crippen LogP contribution in [0.15, 0.2) is 42.5 Å². The molecule has 0 heterocycles. The van der Waals surface area contributed by atoms with Crippen molar-refractivity contribution in [3.63, 3.8) is 0 Å². The van der Waals surface area contributed by atoms with Crippen molar-refractivity contribution < 1.29 is 9.18 Å². The molecule has 0 spiro atoms. The minimum Gasteiger partial charge on any atom is -0.331 e. The van der Waals surface area contributed by atoms with Crippen molar-refractivity contribution >= 4 is 69.8 Å². The van der Waals surface area contributed by atoms with Crippen molar-refractivity contribution in [2.24, 2.45) is 0 Å². The molecule has 0 aliphatic heterocycles. The standard InChI is InChI=1S/C16H10Cl3FN2OS/c17-11-7-13(19)14(8-12(11)18)21-16(24)22-15(23)6-3-9-1-4-10(20)5-2-9/h1-8H,(H2,21,22,23,24). The zero-order valence-corrected chi connectivity index (χ0v) is 15.0. The van der Waals surface area contributed by atoms with Gasteiger partial charge in [-0.15, -0.1) is 0 Å². The Balaban J connectivity index is 1.95. The molecule has 0 radical (unpaired) electrons. The van der Waals surface area contributed by atoms with Gasteiger partial charge in [-0.1, -0.05) is 46.9 Å². The molecule has 24 heavy (non-hydrogen) atoms. The highest BCUT2D eigenvalue weighted by molar-refractivity contribution is 7.80. The van der Waals surface area contributed by atoms with Gasteiger partial charge in [0.25, 0.3) is 0 Å². The van der Waals surface area contributed by atoms with Crippen LogP contribution in [0.1, 0.15) is 5.56 Å². The fourth-order valence-electron chi connectivity index (χ4n) is 1.67. The summed E-state index contributed by atoms with van der Waals surface area (Å²) < 4.78 is 12.8. The molecule has 0 aromatic heterocycles. The number of carbonyl (C=O) groups excluding carboxylic acids is 1. The van der Waals surface area contributed by atoms with Crippen LogP contribution < -0.4 is 10.6 Å². The predicted molar refractivity (Wildman–Crippen MR) is 101 cm³/mol. The number of rotatable bonds is 3. The lowest BCUT2D eigenvalue weighted by Crippen LogP contribution is -2.32. The highest BCUT2D eigenvalue weighted by Crippen LogP contribution is 2.32. The average molecular weight is 404 g/mol. The first kappa shape index (κ1) is 18.7. The van der Waals surface area contributed by atoms with Crippen molar-refractivity contribution in [1.29, 1.82) is 0 Å². The molecule has 2 N–H and O–H groups in total. The summed E-state index contributed by atoms with van der Waals surface area (Å²) in [5, 5.41) is 6.18. The highest BCUT2D eigenvalue weighted by Gasteiger charge is 2.08. The summed E-state index contributed by atoms with van der Waals surface area (Å²) in [5.41, 5.74) is 1.09. The summed E-state index contributed by atoms with van der Waals surface area (Å²) in [7, 11) is 0. The van der Waals surface area contributed by atoms with E-state index in [0.717, 1.165) is 0 Å². The van der Waals surface area contributed by atoms with Gasteiger partial charge in [0.05, 0.1) is 20.8 Å². The third kappa shape index (κ3) is 5.46. The SMILES string of the molecule is O=C(C=Cc1ccc(F)cc1)NC(=S)Nc1cc(Cl)c(Cl)cc1Cl. The van der Waals surface area contributed by atoms with Gasteiger partial charge in [0.2, 0.25) is 5.91 Å². The summed E-state index contributed by atoms with van der Waals surface area (Å²) in [5.74, 6) is -0.798. The van der Waals surface area contributed by atoms with E-state index in [1.54, 1.807) is 12.1 Å². The largest absolute Gasteiger partial charge is 0.331 e. The van der Waals surface area contributed by atoms with E-state index in [4.69, 9.17) is 47.0 Å². The van der Waals surface area contributed by atoms with E-state index >= 15 is 0 Å². The van der Waals surface area contributed by atoms with Crippen LogP contribution in [-0.4, -0.2) is 11.0 Å². The number of halogens is 4. The predicted octanol–water partition coefficient (Wildman–Crippen LogP) is 5.31. The zero-order chi connectivity index (χ0) is 17.7. The molecule has 0 atom stereocenters. The van der Waals surface area contributed by atoms with Gasteiger partial charge >= 0.3 is 0 Å². The van der Waals surface area contributed by atoms with Gasteiger partial charge in [0.15, 0.2) is 5.11 Å². The van der Waals surface area contributed by atoms with Crippen molar-refractivity contribution in [2.75, 3.05) is 5.32 Å². The van der Waals surface area contributed by atoms with E-state index in [2.05, 4.69) is 10.6 Å². The maximum absolute atomic E-state index is 12.8. The lowest BCUT2D eigenvalue weighted by atomic mass is 10.2. The van der Waals surface area contributed by atoms with E-state index in [0.29, 0.717) is 26.3 Å². The number of carbonyl (C=O) groups is 1. The Labute approximate surface area is 158 Å². The number of hydrogen-bond donors (Lipinski definition) is 2. The smallest absolute Gasteiger partial charge is 0.250 e. The van der Waals surface area contributed by atoms with Crippen molar-refractivity contribution in [2.45, 2.75) is 0 Å². The second-order valence-corrected chi connectivity index (χ2v) is 6.20. The molecule has 0 saturated carbocycles. The Morgan fingerprint density at radius 2 is 1.67 bits per heavy atom. The van der Waals surface area contributed by atoms with E-state index in [-0.39, 0.29) is 10.9 Å². The molecule has 0 aliphatic rings. The van der Waals surface area contributed by atoms with Gasteiger partial charge in [0, 0.05) is 6.08 Å². The molecular formula is C16H10Cl3FN2OS. The van der Waals surface area contributed by atoms with E-state index in [1.807, 2.05) is 0 Å². The van der Waals surface area contributed by atoms with Gasteiger partial charge in [-0.05, 0) is 48.1 Å². The number of amides is 1. The van der Waals surface area contributed by atoms with E-state index < -0.39 is 5.91 Å². The van der Waals surface area contributed by atoms with Crippen LogP contribution in [0.5, 0.6) is 0 Å². The van der Waals surface area contributed by atoms with Crippen LogP contribution in [0.3, 0.4) is 0 Å². The second kappa shape index (κ2) is 8.44. The zero-order valence-electron chi connectivity index (χ0n) is 11.9. The Morgan fingerprint density at radius 3 is 2.33 bits per heavy atom. The van der Waals surface area contributed by atoms with Crippen LogP contribution in [0.2, 0.25) is 15.1 Å². The number of benzene rings is 2. The number of thiocarbonyl (C=S) groups is 1. The molecule has 0 unspecified atom stereocenters. The van der Waals surface area contributed by atoms with Crippen LogP contribution in [0.25, 0.3) is 6.08 Å². The third-order valence-corrected chi connectivity index (χ3v) is 4.03. The molecule has 0 aliphatic carbocycles. The van der Waals surface area contributed by atoms with Gasteiger partial charge in [0.1, 0.15) is 5.82 Å². The Bertz CT molecular complexity index is 810. The molecule has 0 fully saturated rings. The monoisotopic (exact) mass is 402 g/mol. The lowest BCUT2D eigenvalue weighted by Gasteiger charge is -2.10. The molecule has 0 bridgehead atoms. The molecule has 2 rings (SSSR count). The third-order valence-electron chi connectivity index (χ3n) is 2.79. The maximum Gasteiger partial charge on any atom is 0.250 e. The van der Waals surface area contributed by atoms with Crippen molar-refractivity contribution in [1.82, 2.24) is 5.32 Å². The van der Waals surface area contributed by atoms with Crippen molar-refractivity contribution in [3.8, 4) is 0 Å². The minimum atomic E-state index is -0.451. The first-order valence-corrected chi connectivity index (χ1v) is 8.09. The Kier molecular flexibility index (Phi) is 6.57. The van der Waals surface area contributed by atoms with Crippen LogP contribution in [-0.2, 0) is 4.79 Å². The van der Waals surface area contributed by atoms with Crippen molar-refractivity contribution in [3.05, 3.63) is 68.9 Å². The van der Waals surface area contributed by atoms with Gasteiger partial charge in [-0.3, -0.25) is 10.1 Å². The maximum atomic E-state index is 12.8. The lowest BCUT2D eigenvalue weighted by molar-refractivity contribution is -0.115.